The Morgan fingerprint density at radius 2 is 1.97 bits per heavy atom. The first-order chi connectivity index (χ1) is 15.6. The summed E-state index contributed by atoms with van der Waals surface area (Å²) in [4.78, 5) is 19.1. The molecule has 1 saturated carbocycles. The molecule has 188 valence electrons. The summed E-state index contributed by atoms with van der Waals surface area (Å²) in [6.07, 6.45) is 4.83. The summed E-state index contributed by atoms with van der Waals surface area (Å²) in [5, 5.41) is 0.0404. The maximum Gasteiger partial charge on any atom is 0.232 e. The SMILES string of the molecule is COCO[C@H](CO[Si](C)(C)C(C)(C)C)N(COC)C(=O)Cc1cc(OCCC2CC2)ccn1. The van der Waals surface area contributed by atoms with Crippen molar-refractivity contribution in [3.63, 3.8) is 0 Å². The molecule has 0 saturated heterocycles. The Kier molecular flexibility index (Phi) is 10.8. The van der Waals surface area contributed by atoms with E-state index in [1.165, 1.54) is 17.7 Å². The van der Waals surface area contributed by atoms with Gasteiger partial charge in [0.2, 0.25) is 5.91 Å². The summed E-state index contributed by atoms with van der Waals surface area (Å²) < 4.78 is 28.4. The summed E-state index contributed by atoms with van der Waals surface area (Å²) in [7, 11) is 1.06. The van der Waals surface area contributed by atoms with Crippen LogP contribution in [0.4, 0.5) is 0 Å². The van der Waals surface area contributed by atoms with Crippen LogP contribution in [0.2, 0.25) is 18.1 Å². The quantitative estimate of drug-likeness (QED) is 0.274. The average molecular weight is 483 g/mol. The van der Waals surface area contributed by atoms with Crippen LogP contribution >= 0.6 is 0 Å². The van der Waals surface area contributed by atoms with Crippen LogP contribution in [-0.4, -0.2) is 71.3 Å². The van der Waals surface area contributed by atoms with Crippen molar-refractivity contribution in [1.29, 1.82) is 0 Å². The van der Waals surface area contributed by atoms with Crippen LogP contribution in [0.1, 0.15) is 45.7 Å². The predicted molar refractivity (Wildman–Crippen MR) is 129 cm³/mol. The Morgan fingerprint density at radius 1 is 1.24 bits per heavy atom. The van der Waals surface area contributed by atoms with Crippen molar-refractivity contribution >= 4 is 14.2 Å². The van der Waals surface area contributed by atoms with Crippen molar-refractivity contribution in [2.45, 2.75) is 70.8 Å². The van der Waals surface area contributed by atoms with Gasteiger partial charge < -0.3 is 23.4 Å². The fourth-order valence-corrected chi connectivity index (χ4v) is 3.97. The molecule has 1 heterocycles. The molecule has 0 aromatic carbocycles. The van der Waals surface area contributed by atoms with E-state index in [0.717, 1.165) is 18.1 Å². The smallest absolute Gasteiger partial charge is 0.232 e. The molecule has 1 aliphatic carbocycles. The van der Waals surface area contributed by atoms with Crippen molar-refractivity contribution in [3.05, 3.63) is 24.0 Å². The van der Waals surface area contributed by atoms with Crippen LogP contribution in [-0.2, 0) is 29.9 Å². The molecule has 8 nitrogen and oxygen atoms in total. The molecule has 0 radical (unpaired) electrons. The van der Waals surface area contributed by atoms with Crippen LogP contribution in [0.5, 0.6) is 5.75 Å². The van der Waals surface area contributed by atoms with Gasteiger partial charge in [0.25, 0.3) is 0 Å². The molecule has 0 spiro atoms. The molecule has 0 N–H and O–H groups in total. The Morgan fingerprint density at radius 3 is 2.58 bits per heavy atom. The Labute approximate surface area is 200 Å². The third-order valence-electron chi connectivity index (χ3n) is 6.32. The Hall–Kier alpha value is -1.52. The van der Waals surface area contributed by atoms with Gasteiger partial charge in [-0.25, -0.2) is 0 Å². The third-order valence-corrected chi connectivity index (χ3v) is 10.8. The van der Waals surface area contributed by atoms with E-state index in [0.29, 0.717) is 12.3 Å². The largest absolute Gasteiger partial charge is 0.493 e. The van der Waals surface area contributed by atoms with Crippen molar-refractivity contribution in [3.8, 4) is 5.75 Å². The standard InChI is InChI=1S/C24H42N2O6Si/c1-24(2,3)33(6,7)32-16-23(31-18-29-5)26(17-28-4)22(27)15-20-14-21(10-12-25-20)30-13-11-19-8-9-19/h10,12,14,19,23H,8-9,11,13,15-18H2,1-7H3/t23-/m1/s1. The van der Waals surface area contributed by atoms with E-state index in [4.69, 9.17) is 23.4 Å². The molecule has 1 aromatic heterocycles. The summed E-state index contributed by atoms with van der Waals surface area (Å²) >= 11 is 0. The normalized spacial score (nSPS) is 15.4. The molecular weight excluding hydrogens is 440 g/mol. The number of carbonyl (C=O) groups is 1. The van der Waals surface area contributed by atoms with E-state index in [1.54, 1.807) is 20.4 Å². The third kappa shape index (κ3) is 9.33. The van der Waals surface area contributed by atoms with Crippen molar-refractivity contribution in [2.24, 2.45) is 5.92 Å². The molecule has 0 unspecified atom stereocenters. The lowest BCUT2D eigenvalue weighted by atomic mass is 10.2. The van der Waals surface area contributed by atoms with E-state index in [2.05, 4.69) is 38.8 Å². The van der Waals surface area contributed by atoms with Gasteiger partial charge in [-0.1, -0.05) is 33.6 Å². The molecular formula is C24H42N2O6Si. The fraction of sp³-hybridized carbons (Fsp3) is 0.750. The topological polar surface area (TPSA) is 79.3 Å². The number of rotatable bonds is 15. The van der Waals surface area contributed by atoms with Crippen LogP contribution in [0.25, 0.3) is 0 Å². The highest BCUT2D eigenvalue weighted by molar-refractivity contribution is 6.74. The number of nitrogens with zero attached hydrogens (tertiary/aromatic N) is 2. The van der Waals surface area contributed by atoms with Crippen molar-refractivity contribution in [2.75, 3.05) is 41.0 Å². The van der Waals surface area contributed by atoms with Crippen LogP contribution < -0.4 is 4.74 Å². The van der Waals surface area contributed by atoms with Gasteiger partial charge in [0, 0.05) is 26.5 Å². The monoisotopic (exact) mass is 482 g/mol. The van der Waals surface area contributed by atoms with Gasteiger partial charge in [0.05, 0.1) is 25.3 Å². The predicted octanol–water partition coefficient (Wildman–Crippen LogP) is 4.20. The summed E-state index contributed by atoms with van der Waals surface area (Å²) in [5.41, 5.74) is 0.640. The van der Waals surface area contributed by atoms with Gasteiger partial charge >= 0.3 is 0 Å². The van der Waals surface area contributed by atoms with Gasteiger partial charge in [-0.05, 0) is 36.5 Å². The van der Waals surface area contributed by atoms with Crippen LogP contribution in [0.15, 0.2) is 18.3 Å². The molecule has 1 atom stereocenters. The first-order valence-electron chi connectivity index (χ1n) is 11.7. The number of carbonyl (C=O) groups excluding carboxylic acids is 1. The zero-order valence-corrected chi connectivity index (χ0v) is 22.4. The molecule has 9 heteroatoms. The first kappa shape index (κ1) is 27.7. The van der Waals surface area contributed by atoms with Crippen LogP contribution in [0.3, 0.4) is 0 Å². The summed E-state index contributed by atoms with van der Waals surface area (Å²) in [6, 6.07) is 3.65. The minimum atomic E-state index is -2.04. The number of methoxy groups -OCH3 is 2. The second-order valence-corrected chi connectivity index (χ2v) is 14.9. The minimum absolute atomic E-state index is 0.0404. The van der Waals surface area contributed by atoms with E-state index in [9.17, 15) is 4.79 Å². The molecule has 0 aliphatic heterocycles. The zero-order chi connectivity index (χ0) is 24.5. The van der Waals surface area contributed by atoms with E-state index >= 15 is 0 Å². The summed E-state index contributed by atoms with van der Waals surface area (Å²) in [5.74, 6) is 1.38. The molecule has 0 bridgehead atoms. The van der Waals surface area contributed by atoms with E-state index < -0.39 is 14.5 Å². The Balaban J connectivity index is 2.05. The maximum absolute atomic E-state index is 13.3. The van der Waals surface area contributed by atoms with Gasteiger partial charge in [-0.3, -0.25) is 14.7 Å². The first-order valence-corrected chi connectivity index (χ1v) is 14.6. The number of pyridine rings is 1. The number of hydrogen-bond donors (Lipinski definition) is 0. The molecule has 1 aliphatic rings. The molecule has 1 fully saturated rings. The maximum atomic E-state index is 13.3. The van der Waals surface area contributed by atoms with Crippen molar-refractivity contribution in [1.82, 2.24) is 9.88 Å². The number of hydrogen-bond acceptors (Lipinski definition) is 7. The lowest BCUT2D eigenvalue weighted by Gasteiger charge is -2.39. The second-order valence-electron chi connectivity index (χ2n) is 10.1. The van der Waals surface area contributed by atoms with Crippen LogP contribution in [0, 0.1) is 5.92 Å². The lowest BCUT2D eigenvalue weighted by Crippen LogP contribution is -2.50. The van der Waals surface area contributed by atoms with E-state index in [-0.39, 0.29) is 37.5 Å². The number of amides is 1. The minimum Gasteiger partial charge on any atom is -0.493 e. The lowest BCUT2D eigenvalue weighted by molar-refractivity contribution is -0.179. The number of aromatic nitrogens is 1. The van der Waals surface area contributed by atoms with Gasteiger partial charge in [0.15, 0.2) is 14.5 Å². The molecule has 33 heavy (non-hydrogen) atoms. The second kappa shape index (κ2) is 12.8. The average Bonchev–Trinajstić information content (AvgIpc) is 3.56. The highest BCUT2D eigenvalue weighted by atomic mass is 28.4. The fourth-order valence-electron chi connectivity index (χ4n) is 2.97. The highest BCUT2D eigenvalue weighted by Crippen LogP contribution is 2.36. The van der Waals surface area contributed by atoms with Gasteiger partial charge in [-0.15, -0.1) is 0 Å². The van der Waals surface area contributed by atoms with Gasteiger partial charge in [0.1, 0.15) is 19.3 Å². The van der Waals surface area contributed by atoms with Gasteiger partial charge in [-0.2, -0.15) is 0 Å². The molecule has 1 aromatic rings. The molecule has 1 amide bonds. The summed E-state index contributed by atoms with van der Waals surface area (Å²) in [6.45, 7) is 11.9. The highest BCUT2D eigenvalue weighted by Gasteiger charge is 2.38. The molecule has 2 rings (SSSR count). The Bertz CT molecular complexity index is 736. The van der Waals surface area contributed by atoms with E-state index in [1.807, 2.05) is 12.1 Å². The number of ether oxygens (including phenoxy) is 4. The zero-order valence-electron chi connectivity index (χ0n) is 21.4. The van der Waals surface area contributed by atoms with Crippen molar-refractivity contribution < 1.29 is 28.2 Å².